The lowest BCUT2D eigenvalue weighted by molar-refractivity contribution is -0.123. The van der Waals surface area contributed by atoms with Crippen molar-refractivity contribution in [2.24, 2.45) is 0 Å². The van der Waals surface area contributed by atoms with Crippen LogP contribution in [0.2, 0.25) is 0 Å². The Morgan fingerprint density at radius 1 is 1.17 bits per heavy atom. The Morgan fingerprint density at radius 2 is 1.90 bits per heavy atom. The zero-order chi connectivity index (χ0) is 20.8. The molecule has 1 heterocycles. The van der Waals surface area contributed by atoms with Gasteiger partial charge in [0, 0.05) is 13.0 Å². The number of ether oxygens (including phenoxy) is 1. The van der Waals surface area contributed by atoms with Crippen LogP contribution in [-0.4, -0.2) is 40.7 Å². The number of hydrogen-bond donors (Lipinski definition) is 2. The van der Waals surface area contributed by atoms with E-state index >= 15 is 0 Å². The first-order chi connectivity index (χ1) is 14.0. The third-order valence-corrected chi connectivity index (χ3v) is 5.16. The van der Waals surface area contributed by atoms with Crippen molar-refractivity contribution in [3.63, 3.8) is 0 Å². The van der Waals surface area contributed by atoms with Gasteiger partial charge in [-0.15, -0.1) is 0 Å². The molecular weight excluding hydrogens is 392 g/mol. The highest BCUT2D eigenvalue weighted by atomic mass is 32.2. The molecule has 0 bridgehead atoms. The monoisotopic (exact) mass is 412 g/mol. The van der Waals surface area contributed by atoms with Crippen LogP contribution in [0.3, 0.4) is 0 Å². The maximum Gasteiger partial charge on any atom is 0.293 e. The van der Waals surface area contributed by atoms with Crippen molar-refractivity contribution < 1.29 is 24.2 Å². The number of imide groups is 1. The smallest absolute Gasteiger partial charge is 0.293 e. The number of phenolic OH excluding ortho intramolecular Hbond substituents is 1. The van der Waals surface area contributed by atoms with E-state index in [2.05, 4.69) is 5.32 Å². The number of thioether (sulfide) groups is 1. The van der Waals surface area contributed by atoms with Gasteiger partial charge in [-0.1, -0.05) is 24.3 Å². The summed E-state index contributed by atoms with van der Waals surface area (Å²) >= 11 is 0.884. The van der Waals surface area contributed by atoms with Crippen LogP contribution >= 0.6 is 11.8 Å². The highest BCUT2D eigenvalue weighted by Gasteiger charge is 2.34. The molecule has 0 atom stereocenters. The zero-order valence-electron chi connectivity index (χ0n) is 15.8. The van der Waals surface area contributed by atoms with Crippen LogP contribution in [0.4, 0.5) is 10.5 Å². The molecule has 8 heteroatoms. The number of benzene rings is 2. The van der Waals surface area contributed by atoms with E-state index in [1.165, 1.54) is 6.07 Å². The van der Waals surface area contributed by atoms with Crippen molar-refractivity contribution in [2.45, 2.75) is 12.8 Å². The summed E-state index contributed by atoms with van der Waals surface area (Å²) in [6.07, 6.45) is 2.11. The second kappa shape index (κ2) is 9.29. The maximum atomic E-state index is 12.5. The predicted molar refractivity (Wildman–Crippen MR) is 112 cm³/mol. The minimum atomic E-state index is -0.364. The van der Waals surface area contributed by atoms with E-state index in [1.807, 2.05) is 0 Å². The van der Waals surface area contributed by atoms with Gasteiger partial charge in [0.05, 0.1) is 17.7 Å². The molecule has 2 aromatic carbocycles. The summed E-state index contributed by atoms with van der Waals surface area (Å²) in [6.45, 7) is 0.152. The highest BCUT2D eigenvalue weighted by molar-refractivity contribution is 8.18. The molecule has 2 aromatic rings. The Bertz CT molecular complexity index is 956. The summed E-state index contributed by atoms with van der Waals surface area (Å²) in [4.78, 5) is 38.2. The van der Waals surface area contributed by atoms with Crippen LogP contribution in [0.25, 0.3) is 6.08 Å². The van der Waals surface area contributed by atoms with Gasteiger partial charge in [0.2, 0.25) is 5.91 Å². The average molecular weight is 412 g/mol. The van der Waals surface area contributed by atoms with E-state index in [1.54, 1.807) is 55.7 Å². The van der Waals surface area contributed by atoms with E-state index in [4.69, 9.17) is 4.74 Å². The first-order valence-electron chi connectivity index (χ1n) is 8.95. The van der Waals surface area contributed by atoms with Gasteiger partial charge in [0.1, 0.15) is 11.5 Å². The van der Waals surface area contributed by atoms with Gasteiger partial charge in [-0.25, -0.2) is 0 Å². The summed E-state index contributed by atoms with van der Waals surface area (Å²) in [7, 11) is 1.57. The number of rotatable bonds is 7. The third kappa shape index (κ3) is 5.17. The number of amides is 3. The summed E-state index contributed by atoms with van der Waals surface area (Å²) in [5.74, 6) is 0.0250. The Hall–Kier alpha value is -3.26. The lowest BCUT2D eigenvalue weighted by atomic mass is 10.2. The molecule has 150 valence electrons. The number of nitrogens with one attached hydrogen (secondary N) is 1. The van der Waals surface area contributed by atoms with Crippen LogP contribution in [0.5, 0.6) is 11.5 Å². The summed E-state index contributed by atoms with van der Waals surface area (Å²) in [5.41, 5.74) is 1.12. The van der Waals surface area contributed by atoms with Crippen molar-refractivity contribution in [2.75, 3.05) is 19.0 Å². The van der Waals surface area contributed by atoms with Crippen LogP contribution in [-0.2, 0) is 9.59 Å². The van der Waals surface area contributed by atoms with Crippen molar-refractivity contribution in [3.05, 3.63) is 59.0 Å². The summed E-state index contributed by atoms with van der Waals surface area (Å²) in [6, 6.07) is 13.6. The lowest BCUT2D eigenvalue weighted by Crippen LogP contribution is -2.29. The Kier molecular flexibility index (Phi) is 6.56. The first-order valence-corrected chi connectivity index (χ1v) is 9.77. The van der Waals surface area contributed by atoms with Crippen LogP contribution in [0, 0.1) is 0 Å². The maximum absolute atomic E-state index is 12.5. The Balaban J connectivity index is 1.54. The van der Waals surface area contributed by atoms with Gasteiger partial charge in [-0.05, 0) is 54.1 Å². The van der Waals surface area contributed by atoms with Gasteiger partial charge in [-0.2, -0.15) is 0 Å². The van der Waals surface area contributed by atoms with E-state index in [9.17, 15) is 19.5 Å². The van der Waals surface area contributed by atoms with Gasteiger partial charge >= 0.3 is 0 Å². The molecule has 7 nitrogen and oxygen atoms in total. The predicted octanol–water partition coefficient (Wildman–Crippen LogP) is 3.86. The Labute approximate surface area is 172 Å². The molecule has 29 heavy (non-hydrogen) atoms. The third-order valence-electron chi connectivity index (χ3n) is 4.25. The largest absolute Gasteiger partial charge is 0.506 e. The number of carbonyl (C=O) groups excluding carboxylic acids is 3. The fraction of sp³-hybridized carbons (Fsp3) is 0.190. The molecule has 3 amide bonds. The number of hydrogen-bond acceptors (Lipinski definition) is 6. The number of methoxy groups -OCH3 is 1. The van der Waals surface area contributed by atoms with Crippen molar-refractivity contribution in [1.29, 1.82) is 0 Å². The molecule has 1 aliphatic rings. The molecule has 1 fully saturated rings. The normalized spacial score (nSPS) is 15.1. The Morgan fingerprint density at radius 3 is 2.59 bits per heavy atom. The van der Waals surface area contributed by atoms with E-state index in [0.29, 0.717) is 22.8 Å². The van der Waals surface area contributed by atoms with E-state index in [-0.39, 0.29) is 35.8 Å². The molecule has 2 N–H and O–H groups in total. The fourth-order valence-corrected chi connectivity index (χ4v) is 3.60. The number of para-hydroxylation sites is 2. The van der Waals surface area contributed by atoms with Crippen molar-refractivity contribution in [3.8, 4) is 11.5 Å². The molecule has 0 spiro atoms. The standard InChI is InChI=1S/C21H20N2O5S/c1-28-15-10-8-14(9-11-15)13-18-20(26)23(21(27)29-18)12-4-7-19(25)22-16-5-2-3-6-17(16)24/h2-3,5-6,8-11,13,24H,4,7,12H2,1H3,(H,22,25)/b18-13-. The molecule has 0 saturated carbocycles. The van der Waals surface area contributed by atoms with Gasteiger partial charge < -0.3 is 15.2 Å². The molecule has 1 saturated heterocycles. The van der Waals surface area contributed by atoms with Gasteiger partial charge in [0.15, 0.2) is 0 Å². The minimum absolute atomic E-state index is 0.0181. The lowest BCUT2D eigenvalue weighted by Gasteiger charge is -2.12. The summed E-state index contributed by atoms with van der Waals surface area (Å²) < 4.78 is 5.10. The molecule has 0 aromatic heterocycles. The molecule has 3 rings (SSSR count). The van der Waals surface area contributed by atoms with Crippen LogP contribution < -0.4 is 10.1 Å². The average Bonchev–Trinajstić information content (AvgIpc) is 2.97. The second-order valence-corrected chi connectivity index (χ2v) is 7.27. The number of nitrogens with zero attached hydrogens (tertiary/aromatic N) is 1. The quantitative estimate of drug-likeness (QED) is 0.530. The van der Waals surface area contributed by atoms with Gasteiger partial charge in [0.25, 0.3) is 11.1 Å². The molecule has 1 aliphatic heterocycles. The molecular formula is C21H20N2O5S. The SMILES string of the molecule is COc1ccc(/C=C2\SC(=O)N(CCCC(=O)Nc3ccccc3O)C2=O)cc1. The number of anilines is 1. The second-order valence-electron chi connectivity index (χ2n) is 6.28. The molecule has 0 aliphatic carbocycles. The van der Waals surface area contributed by atoms with Crippen LogP contribution in [0.15, 0.2) is 53.4 Å². The number of carbonyl (C=O) groups is 3. The molecule has 0 unspecified atom stereocenters. The van der Waals surface area contributed by atoms with Crippen molar-refractivity contribution >= 4 is 40.6 Å². The van der Waals surface area contributed by atoms with E-state index < -0.39 is 0 Å². The summed E-state index contributed by atoms with van der Waals surface area (Å²) in [5, 5.41) is 11.9. The first kappa shape index (κ1) is 20.5. The highest BCUT2D eigenvalue weighted by Crippen LogP contribution is 2.32. The number of phenols is 1. The van der Waals surface area contributed by atoms with E-state index in [0.717, 1.165) is 22.2 Å². The number of aromatic hydroxyl groups is 1. The minimum Gasteiger partial charge on any atom is -0.506 e. The zero-order valence-corrected chi connectivity index (χ0v) is 16.6. The topological polar surface area (TPSA) is 95.9 Å². The fourth-order valence-electron chi connectivity index (χ4n) is 2.73. The van der Waals surface area contributed by atoms with Crippen LogP contribution in [0.1, 0.15) is 18.4 Å². The van der Waals surface area contributed by atoms with Crippen molar-refractivity contribution in [1.82, 2.24) is 4.90 Å². The molecule has 0 radical (unpaired) electrons. The van der Waals surface area contributed by atoms with Gasteiger partial charge in [-0.3, -0.25) is 19.3 Å².